The normalized spacial score (nSPS) is 15.8. The van der Waals surface area contributed by atoms with Gasteiger partial charge in [-0.15, -0.1) is 0 Å². The topological polar surface area (TPSA) is 92.9 Å². The molecule has 1 heterocycles. The van der Waals surface area contributed by atoms with Gasteiger partial charge in [-0.1, -0.05) is 0 Å². The fourth-order valence-corrected chi connectivity index (χ4v) is 2.51. The lowest BCUT2D eigenvalue weighted by Crippen LogP contribution is -2.36. The van der Waals surface area contributed by atoms with Crippen LogP contribution in [0.25, 0.3) is 0 Å². The van der Waals surface area contributed by atoms with Gasteiger partial charge < -0.3 is 14.7 Å². The van der Waals surface area contributed by atoms with Gasteiger partial charge in [-0.25, -0.2) is 0 Å². The van der Waals surface area contributed by atoms with Gasteiger partial charge in [0, 0.05) is 30.9 Å². The van der Waals surface area contributed by atoms with Gasteiger partial charge in [-0.05, 0) is 25.8 Å². The minimum atomic E-state index is -0.756. The molecule has 7 heteroatoms. The summed E-state index contributed by atoms with van der Waals surface area (Å²) in [7, 11) is 0. The number of ether oxygens (including phenoxy) is 1. The predicted octanol–water partition coefficient (Wildman–Crippen LogP) is 2.29. The number of nitro groups is 1. The van der Waals surface area contributed by atoms with E-state index in [1.807, 2.05) is 4.90 Å². The third-order valence-corrected chi connectivity index (χ3v) is 3.65. The summed E-state index contributed by atoms with van der Waals surface area (Å²) >= 11 is 0. The lowest BCUT2D eigenvalue weighted by molar-refractivity contribution is -0.385. The first kappa shape index (κ1) is 15.1. The molecule has 0 aliphatic carbocycles. The number of carbonyl (C=O) groups is 1. The van der Waals surface area contributed by atoms with Gasteiger partial charge in [0.15, 0.2) is 5.75 Å². The summed E-state index contributed by atoms with van der Waals surface area (Å²) in [6, 6.07) is 4.77. The van der Waals surface area contributed by atoms with E-state index >= 15 is 0 Å². The number of rotatable bonds is 5. The van der Waals surface area contributed by atoms with Crippen LogP contribution in [0.4, 0.5) is 11.4 Å². The molecule has 1 aromatic rings. The van der Waals surface area contributed by atoms with Crippen molar-refractivity contribution in [3.8, 4) is 5.75 Å². The molecule has 7 nitrogen and oxygen atoms in total. The van der Waals surface area contributed by atoms with E-state index in [-0.39, 0.29) is 17.4 Å². The Hall–Kier alpha value is -2.31. The first-order chi connectivity index (χ1) is 10.0. The third-order valence-electron chi connectivity index (χ3n) is 3.65. The fraction of sp³-hybridized carbons (Fsp3) is 0.500. The maximum Gasteiger partial charge on any atom is 0.311 e. The molecule has 0 bridgehead atoms. The van der Waals surface area contributed by atoms with Crippen LogP contribution in [0.15, 0.2) is 18.2 Å². The molecule has 1 aliphatic rings. The zero-order valence-corrected chi connectivity index (χ0v) is 11.8. The first-order valence-electron chi connectivity index (χ1n) is 6.92. The van der Waals surface area contributed by atoms with Crippen molar-refractivity contribution >= 4 is 17.3 Å². The van der Waals surface area contributed by atoms with E-state index in [9.17, 15) is 14.9 Å². The number of nitrogens with zero attached hydrogens (tertiary/aromatic N) is 2. The molecule has 0 saturated carbocycles. The summed E-state index contributed by atoms with van der Waals surface area (Å²) < 4.78 is 5.33. The highest BCUT2D eigenvalue weighted by atomic mass is 16.6. The number of hydrogen-bond acceptors (Lipinski definition) is 5. The molecule has 114 valence electrons. The first-order valence-corrected chi connectivity index (χ1v) is 6.92. The summed E-state index contributed by atoms with van der Waals surface area (Å²) in [6.45, 7) is 3.38. The lowest BCUT2D eigenvalue weighted by Gasteiger charge is -2.32. The number of anilines is 1. The number of piperidine rings is 1. The van der Waals surface area contributed by atoms with Gasteiger partial charge >= 0.3 is 11.7 Å². The summed E-state index contributed by atoms with van der Waals surface area (Å²) in [5, 5.41) is 19.9. The van der Waals surface area contributed by atoms with Crippen molar-refractivity contribution in [1.29, 1.82) is 0 Å². The van der Waals surface area contributed by atoms with E-state index in [0.29, 0.717) is 32.5 Å². The van der Waals surface area contributed by atoms with Crippen LogP contribution in [0.2, 0.25) is 0 Å². The zero-order valence-electron chi connectivity index (χ0n) is 11.8. The van der Waals surface area contributed by atoms with Gasteiger partial charge in [0.2, 0.25) is 0 Å². The van der Waals surface area contributed by atoms with E-state index in [2.05, 4.69) is 0 Å². The number of carboxylic acids is 1. The van der Waals surface area contributed by atoms with Crippen molar-refractivity contribution in [3.05, 3.63) is 28.3 Å². The van der Waals surface area contributed by atoms with Gasteiger partial charge in [0.05, 0.1) is 17.4 Å². The van der Waals surface area contributed by atoms with Crippen LogP contribution in [0.3, 0.4) is 0 Å². The lowest BCUT2D eigenvalue weighted by atomic mass is 9.97. The monoisotopic (exact) mass is 294 g/mol. The summed E-state index contributed by atoms with van der Waals surface area (Å²) in [5.74, 6) is -0.806. The molecule has 21 heavy (non-hydrogen) atoms. The van der Waals surface area contributed by atoms with Crippen LogP contribution in [0.1, 0.15) is 19.8 Å². The highest BCUT2D eigenvalue weighted by Crippen LogP contribution is 2.33. The molecule has 0 atom stereocenters. The van der Waals surface area contributed by atoms with E-state index < -0.39 is 10.9 Å². The van der Waals surface area contributed by atoms with Crippen molar-refractivity contribution < 1.29 is 19.6 Å². The molecule has 0 radical (unpaired) electrons. The highest BCUT2D eigenvalue weighted by Gasteiger charge is 2.25. The van der Waals surface area contributed by atoms with Crippen LogP contribution in [0.5, 0.6) is 5.75 Å². The summed E-state index contributed by atoms with van der Waals surface area (Å²) in [5.41, 5.74) is 0.772. The van der Waals surface area contributed by atoms with Crippen molar-refractivity contribution in [2.45, 2.75) is 19.8 Å². The quantitative estimate of drug-likeness (QED) is 0.661. The van der Waals surface area contributed by atoms with Crippen LogP contribution < -0.4 is 9.64 Å². The Morgan fingerprint density at radius 1 is 1.48 bits per heavy atom. The molecule has 0 amide bonds. The smallest absolute Gasteiger partial charge is 0.311 e. The molecule has 0 aromatic heterocycles. The predicted molar refractivity (Wildman–Crippen MR) is 76.8 cm³/mol. The van der Waals surface area contributed by atoms with Gasteiger partial charge in [0.1, 0.15) is 0 Å². The number of benzene rings is 1. The Morgan fingerprint density at radius 2 is 2.14 bits per heavy atom. The maximum atomic E-state index is 10.9. The average Bonchev–Trinajstić information content (AvgIpc) is 2.47. The Labute approximate surface area is 122 Å². The van der Waals surface area contributed by atoms with E-state index in [1.165, 1.54) is 6.07 Å². The minimum Gasteiger partial charge on any atom is -0.487 e. The van der Waals surface area contributed by atoms with Crippen molar-refractivity contribution in [2.75, 3.05) is 24.6 Å². The van der Waals surface area contributed by atoms with Gasteiger partial charge in [0.25, 0.3) is 0 Å². The maximum absolute atomic E-state index is 10.9. The van der Waals surface area contributed by atoms with Crippen LogP contribution in [-0.2, 0) is 4.79 Å². The second-order valence-electron chi connectivity index (χ2n) is 4.94. The molecule has 1 fully saturated rings. The summed E-state index contributed by atoms with van der Waals surface area (Å²) in [6.07, 6.45) is 1.16. The van der Waals surface area contributed by atoms with Crippen LogP contribution in [0, 0.1) is 16.0 Å². The van der Waals surface area contributed by atoms with E-state index in [1.54, 1.807) is 19.1 Å². The van der Waals surface area contributed by atoms with Crippen molar-refractivity contribution in [1.82, 2.24) is 0 Å². The van der Waals surface area contributed by atoms with E-state index in [0.717, 1.165) is 5.69 Å². The second kappa shape index (κ2) is 6.43. The largest absolute Gasteiger partial charge is 0.487 e. The molecule has 0 spiro atoms. The van der Waals surface area contributed by atoms with Gasteiger partial charge in [-0.2, -0.15) is 0 Å². The Balaban J connectivity index is 2.16. The number of carboxylic acid groups (broad SMARTS) is 1. The van der Waals surface area contributed by atoms with Crippen LogP contribution in [-0.4, -0.2) is 35.7 Å². The molecule has 1 saturated heterocycles. The molecule has 1 N–H and O–H groups in total. The average molecular weight is 294 g/mol. The Kier molecular flexibility index (Phi) is 4.62. The molecular formula is C14H18N2O5. The number of nitro benzene ring substituents is 1. The fourth-order valence-electron chi connectivity index (χ4n) is 2.51. The molecular weight excluding hydrogens is 276 g/mol. The van der Waals surface area contributed by atoms with Crippen molar-refractivity contribution in [3.63, 3.8) is 0 Å². The molecule has 1 aromatic carbocycles. The van der Waals surface area contributed by atoms with Gasteiger partial charge in [-0.3, -0.25) is 14.9 Å². The minimum absolute atomic E-state index is 0.0546. The van der Waals surface area contributed by atoms with Crippen LogP contribution >= 0.6 is 0 Å². The van der Waals surface area contributed by atoms with E-state index in [4.69, 9.17) is 9.84 Å². The number of hydrogen-bond donors (Lipinski definition) is 1. The Bertz CT molecular complexity index is 538. The molecule has 0 unspecified atom stereocenters. The number of aliphatic carboxylic acids is 1. The summed E-state index contributed by atoms with van der Waals surface area (Å²) in [4.78, 5) is 23.5. The Morgan fingerprint density at radius 3 is 2.67 bits per heavy atom. The van der Waals surface area contributed by atoms with Crippen molar-refractivity contribution in [2.24, 2.45) is 5.92 Å². The highest BCUT2D eigenvalue weighted by molar-refractivity contribution is 5.70. The zero-order chi connectivity index (χ0) is 15.4. The second-order valence-corrected chi connectivity index (χ2v) is 4.94. The third kappa shape index (κ3) is 3.42. The molecule has 2 rings (SSSR count). The standard InChI is InChI=1S/C14H18N2O5/c1-2-21-13-9-11(3-4-12(13)16(19)20)15-7-5-10(6-8-15)14(17)18/h3-4,9-10H,2,5-8H2,1H3,(H,17,18). The SMILES string of the molecule is CCOc1cc(N2CCC(C(=O)O)CC2)ccc1[N+](=O)[O-]. The molecule has 1 aliphatic heterocycles.